The fraction of sp³-hybridized carbons (Fsp3) is 0.0625. The van der Waals surface area contributed by atoms with E-state index in [1.165, 1.54) is 31.5 Å². The van der Waals surface area contributed by atoms with E-state index in [0.29, 0.717) is 0 Å². The Labute approximate surface area is 259 Å². The number of aromatic nitrogens is 2. The van der Waals surface area contributed by atoms with Gasteiger partial charge in [0.1, 0.15) is 0 Å². The molecule has 4 heterocycles. The molecule has 6 aromatic rings. The number of thiophene rings is 2. The zero-order valence-electron chi connectivity index (χ0n) is 21.3. The van der Waals surface area contributed by atoms with Crippen molar-refractivity contribution >= 4 is 135 Å². The molecule has 0 atom stereocenters. The monoisotopic (exact) mass is 622 g/mol. The molecule has 192 valence electrons. The summed E-state index contributed by atoms with van der Waals surface area (Å²) in [4.78, 5) is 5.69. The Bertz CT molecular complexity index is 2020. The minimum absolute atomic E-state index is 0.841. The molecular weight excluding hydrogens is 605 g/mol. The summed E-state index contributed by atoms with van der Waals surface area (Å²) in [6.45, 7) is 0. The number of aryl methyl sites for hydroxylation is 2. The highest BCUT2D eigenvalue weighted by atomic mass is 32.1. The Balaban J connectivity index is 1.23. The first kappa shape index (κ1) is 24.8. The number of fused-ring (bicyclic) bond motifs is 7. The summed E-state index contributed by atoms with van der Waals surface area (Å²) in [5.41, 5.74) is 11.2. The SMILES string of the molecule is Cn1c2cc(C=C3C(=S)c4ccccc4C3=S)sc2c2c1c1sc(C=C3C(=S)c4ccccc4C3=S)cc1n2C. The first-order chi connectivity index (χ1) is 19.3. The number of nitrogens with zero attached hydrogens (tertiary/aromatic N) is 2. The van der Waals surface area contributed by atoms with E-state index in [-0.39, 0.29) is 0 Å². The fourth-order valence-corrected chi connectivity index (χ4v) is 9.86. The van der Waals surface area contributed by atoms with Crippen LogP contribution in [-0.4, -0.2) is 28.6 Å². The van der Waals surface area contributed by atoms with Crippen LogP contribution in [0.1, 0.15) is 32.0 Å². The van der Waals surface area contributed by atoms with Gasteiger partial charge in [0.05, 0.1) is 50.9 Å². The van der Waals surface area contributed by atoms with Gasteiger partial charge in [-0.1, -0.05) is 97.4 Å². The number of hydrogen-bond acceptors (Lipinski definition) is 6. The summed E-state index contributed by atoms with van der Waals surface area (Å²) >= 11 is 26.8. The van der Waals surface area contributed by atoms with Gasteiger partial charge in [-0.3, -0.25) is 0 Å². The third-order valence-electron chi connectivity index (χ3n) is 7.90. The summed E-state index contributed by atoms with van der Waals surface area (Å²) in [7, 11) is 4.31. The number of benzene rings is 2. The van der Waals surface area contributed by atoms with E-state index in [9.17, 15) is 0 Å². The normalized spacial score (nSPS) is 14.8. The standard InChI is InChI=1S/C32H18N2S6/c1-33-23-13-15(11-21-27(35)17-7-3-4-8-18(17)28(21)36)39-31(23)26-25(33)32-24(34(26)2)14-16(40-32)12-22-29(37)19-9-5-6-10-20(19)30(22)38/h3-14H,1-2H3. The molecule has 0 spiro atoms. The molecule has 0 amide bonds. The molecule has 0 bridgehead atoms. The molecule has 2 aliphatic carbocycles. The van der Waals surface area contributed by atoms with E-state index in [1.807, 2.05) is 24.3 Å². The maximum atomic E-state index is 5.81. The van der Waals surface area contributed by atoms with Gasteiger partial charge in [0.2, 0.25) is 0 Å². The molecule has 8 rings (SSSR count). The second-order valence-corrected chi connectivity index (χ2v) is 13.9. The van der Waals surface area contributed by atoms with Gasteiger partial charge in [-0.25, -0.2) is 0 Å². The van der Waals surface area contributed by atoms with E-state index >= 15 is 0 Å². The molecule has 0 unspecified atom stereocenters. The van der Waals surface area contributed by atoms with Crippen LogP contribution in [0, 0.1) is 0 Å². The Morgan fingerprint density at radius 1 is 0.550 bits per heavy atom. The van der Waals surface area contributed by atoms with Crippen LogP contribution in [0.3, 0.4) is 0 Å². The van der Waals surface area contributed by atoms with Gasteiger partial charge in [0.15, 0.2) is 0 Å². The highest BCUT2D eigenvalue weighted by Crippen LogP contribution is 2.44. The highest BCUT2D eigenvalue weighted by Gasteiger charge is 2.28. The first-order valence-electron chi connectivity index (χ1n) is 12.6. The van der Waals surface area contributed by atoms with E-state index in [1.54, 1.807) is 22.7 Å². The van der Waals surface area contributed by atoms with Gasteiger partial charge < -0.3 is 9.13 Å². The number of rotatable bonds is 2. The van der Waals surface area contributed by atoms with E-state index in [2.05, 4.69) is 71.8 Å². The summed E-state index contributed by atoms with van der Waals surface area (Å²) in [5, 5.41) is 0. The first-order valence-corrected chi connectivity index (χ1v) is 15.9. The Morgan fingerprint density at radius 3 is 1.20 bits per heavy atom. The van der Waals surface area contributed by atoms with Crippen molar-refractivity contribution in [3.05, 3.63) is 104 Å². The molecule has 40 heavy (non-hydrogen) atoms. The van der Waals surface area contributed by atoms with Crippen molar-refractivity contribution in [1.29, 1.82) is 0 Å². The van der Waals surface area contributed by atoms with Crippen LogP contribution in [0.5, 0.6) is 0 Å². The molecule has 2 aliphatic rings. The summed E-state index contributed by atoms with van der Waals surface area (Å²) in [6.07, 6.45) is 4.34. The van der Waals surface area contributed by atoms with Crippen molar-refractivity contribution < 1.29 is 0 Å². The molecule has 2 aromatic carbocycles. The van der Waals surface area contributed by atoms with Gasteiger partial charge >= 0.3 is 0 Å². The summed E-state index contributed by atoms with van der Waals surface area (Å²) in [5.74, 6) is 0. The molecule has 0 radical (unpaired) electrons. The van der Waals surface area contributed by atoms with Gasteiger partial charge in [0.25, 0.3) is 0 Å². The van der Waals surface area contributed by atoms with Gasteiger partial charge in [-0.05, 0) is 24.3 Å². The van der Waals surface area contributed by atoms with Crippen LogP contribution in [0.2, 0.25) is 0 Å². The molecule has 0 saturated heterocycles. The van der Waals surface area contributed by atoms with Gasteiger partial charge in [-0.2, -0.15) is 0 Å². The molecule has 2 nitrogen and oxygen atoms in total. The molecule has 8 heteroatoms. The second kappa shape index (κ2) is 8.76. The van der Waals surface area contributed by atoms with Crippen molar-refractivity contribution in [2.24, 2.45) is 14.1 Å². The molecular formula is C32H18N2S6. The van der Waals surface area contributed by atoms with Crippen LogP contribution in [0.4, 0.5) is 0 Å². The Hall–Kier alpha value is -2.98. The van der Waals surface area contributed by atoms with Crippen molar-refractivity contribution in [2.45, 2.75) is 0 Å². The van der Waals surface area contributed by atoms with Crippen LogP contribution < -0.4 is 0 Å². The molecule has 0 aliphatic heterocycles. The average molecular weight is 623 g/mol. The predicted octanol–water partition coefficient (Wildman–Crippen LogP) is 9.01. The predicted molar refractivity (Wildman–Crippen MR) is 188 cm³/mol. The lowest BCUT2D eigenvalue weighted by molar-refractivity contribution is 1.01. The molecule has 0 saturated carbocycles. The van der Waals surface area contributed by atoms with Gasteiger partial charge in [0, 0.05) is 57.2 Å². The molecule has 4 aromatic heterocycles. The second-order valence-electron chi connectivity index (χ2n) is 10.1. The van der Waals surface area contributed by atoms with E-state index in [4.69, 9.17) is 48.9 Å². The van der Waals surface area contributed by atoms with Crippen LogP contribution >= 0.6 is 71.5 Å². The summed E-state index contributed by atoms with van der Waals surface area (Å²) < 4.78 is 7.19. The van der Waals surface area contributed by atoms with Crippen molar-refractivity contribution in [2.75, 3.05) is 0 Å². The lowest BCUT2D eigenvalue weighted by Gasteiger charge is -1.98. The quantitative estimate of drug-likeness (QED) is 0.141. The topological polar surface area (TPSA) is 9.86 Å². The maximum Gasteiger partial charge on any atom is 0.0861 e. The minimum Gasteiger partial charge on any atom is -0.340 e. The minimum atomic E-state index is 0.841. The largest absolute Gasteiger partial charge is 0.340 e. The van der Waals surface area contributed by atoms with Crippen LogP contribution in [-0.2, 0) is 14.1 Å². The summed E-state index contributed by atoms with van der Waals surface area (Å²) in [6, 6.07) is 20.8. The van der Waals surface area contributed by atoms with Crippen LogP contribution in [0.15, 0.2) is 71.8 Å². The van der Waals surface area contributed by atoms with Gasteiger partial charge in [-0.15, -0.1) is 22.7 Å². The van der Waals surface area contributed by atoms with E-state index in [0.717, 1.165) is 62.6 Å². The fourth-order valence-electron chi connectivity index (χ4n) is 5.95. The van der Waals surface area contributed by atoms with Crippen molar-refractivity contribution in [3.8, 4) is 0 Å². The zero-order valence-corrected chi connectivity index (χ0v) is 26.2. The Kier molecular flexibility index (Phi) is 5.43. The number of allylic oxidation sites excluding steroid dienone is 2. The molecule has 0 N–H and O–H groups in total. The third kappa shape index (κ3) is 3.29. The van der Waals surface area contributed by atoms with Crippen molar-refractivity contribution in [1.82, 2.24) is 9.13 Å². The lowest BCUT2D eigenvalue weighted by atomic mass is 10.1. The smallest absolute Gasteiger partial charge is 0.0861 e. The average Bonchev–Trinajstić information content (AvgIpc) is 3.76. The number of hydrogen-bond donors (Lipinski definition) is 0. The molecule has 0 fully saturated rings. The maximum absolute atomic E-state index is 5.81. The Morgan fingerprint density at radius 2 is 0.875 bits per heavy atom. The lowest BCUT2D eigenvalue weighted by Crippen LogP contribution is -1.97. The third-order valence-corrected chi connectivity index (χ3v) is 11.8. The number of thiocarbonyl (C=S) groups is 4. The van der Waals surface area contributed by atoms with Crippen molar-refractivity contribution in [3.63, 3.8) is 0 Å². The van der Waals surface area contributed by atoms with E-state index < -0.39 is 0 Å². The van der Waals surface area contributed by atoms with Crippen LogP contribution in [0.25, 0.3) is 43.6 Å². The highest BCUT2D eigenvalue weighted by molar-refractivity contribution is 7.84. The zero-order chi connectivity index (χ0) is 27.4.